The van der Waals surface area contributed by atoms with Gasteiger partial charge in [0.15, 0.2) is 0 Å². The van der Waals surface area contributed by atoms with Crippen LogP contribution in [0.15, 0.2) is 10.7 Å². The number of aromatic nitrogens is 2. The maximum Gasteiger partial charge on any atom is 0.231 e. The van der Waals surface area contributed by atoms with Gasteiger partial charge in [0.25, 0.3) is 0 Å². The summed E-state index contributed by atoms with van der Waals surface area (Å²) in [6.07, 6.45) is 9.54. The number of amides is 1. The van der Waals surface area contributed by atoms with Crippen molar-refractivity contribution in [1.82, 2.24) is 15.3 Å². The number of piperidine rings is 1. The Balaban J connectivity index is 1.51. The van der Waals surface area contributed by atoms with Gasteiger partial charge in [-0.25, -0.2) is 9.97 Å². The second kappa shape index (κ2) is 7.25. The van der Waals surface area contributed by atoms with Gasteiger partial charge in [-0.2, -0.15) is 0 Å². The van der Waals surface area contributed by atoms with Gasteiger partial charge in [-0.05, 0) is 39.5 Å². The standard InChI is InChI=1S/C20H28N4O2/c1-13-14(2)26-20-17(13)18(21-12-22-20)24-10-6-7-15(11-24)19(25)23-16-8-4-3-5-9-16/h12,15-16H,3-11H2,1-2H3,(H,23,25)/t15-/m1/s1. The van der Waals surface area contributed by atoms with Crippen molar-refractivity contribution < 1.29 is 9.21 Å². The van der Waals surface area contributed by atoms with Gasteiger partial charge in [0.1, 0.15) is 17.9 Å². The molecule has 2 aromatic heterocycles. The number of anilines is 1. The van der Waals surface area contributed by atoms with E-state index in [0.29, 0.717) is 18.3 Å². The largest absolute Gasteiger partial charge is 0.443 e. The van der Waals surface area contributed by atoms with E-state index in [9.17, 15) is 4.79 Å². The first-order valence-electron chi connectivity index (χ1n) is 9.89. The van der Waals surface area contributed by atoms with Crippen molar-refractivity contribution in [2.45, 2.75) is 64.8 Å². The maximum absolute atomic E-state index is 12.8. The predicted octanol–water partition coefficient (Wildman–Crippen LogP) is 3.50. The van der Waals surface area contributed by atoms with Crippen LogP contribution in [0.1, 0.15) is 56.3 Å². The van der Waals surface area contributed by atoms with E-state index < -0.39 is 0 Å². The molecule has 0 aromatic carbocycles. The van der Waals surface area contributed by atoms with Crippen LogP contribution in [-0.4, -0.2) is 35.0 Å². The van der Waals surface area contributed by atoms with Gasteiger partial charge in [-0.1, -0.05) is 19.3 Å². The summed E-state index contributed by atoms with van der Waals surface area (Å²) < 4.78 is 5.75. The summed E-state index contributed by atoms with van der Waals surface area (Å²) >= 11 is 0. The van der Waals surface area contributed by atoms with Crippen molar-refractivity contribution in [3.63, 3.8) is 0 Å². The normalized spacial score (nSPS) is 21.9. The molecule has 140 valence electrons. The Morgan fingerprint density at radius 3 is 2.77 bits per heavy atom. The molecule has 1 N–H and O–H groups in total. The van der Waals surface area contributed by atoms with E-state index >= 15 is 0 Å². The van der Waals surface area contributed by atoms with Crippen LogP contribution in [0.2, 0.25) is 0 Å². The number of hydrogen-bond acceptors (Lipinski definition) is 5. The van der Waals surface area contributed by atoms with Crippen LogP contribution in [0.5, 0.6) is 0 Å². The number of nitrogens with one attached hydrogen (secondary N) is 1. The molecule has 0 unspecified atom stereocenters. The van der Waals surface area contributed by atoms with E-state index in [4.69, 9.17) is 4.42 Å². The number of hydrogen-bond donors (Lipinski definition) is 1. The van der Waals surface area contributed by atoms with Crippen LogP contribution >= 0.6 is 0 Å². The average molecular weight is 356 g/mol. The summed E-state index contributed by atoms with van der Waals surface area (Å²) in [6, 6.07) is 0.371. The van der Waals surface area contributed by atoms with E-state index in [2.05, 4.69) is 20.2 Å². The lowest BCUT2D eigenvalue weighted by atomic mass is 9.93. The Bertz CT molecular complexity index is 794. The van der Waals surface area contributed by atoms with E-state index in [0.717, 1.165) is 54.8 Å². The molecule has 6 nitrogen and oxygen atoms in total. The van der Waals surface area contributed by atoms with Crippen LogP contribution in [0, 0.1) is 19.8 Å². The Hall–Kier alpha value is -2.11. The summed E-state index contributed by atoms with van der Waals surface area (Å²) in [4.78, 5) is 23.8. The predicted molar refractivity (Wildman–Crippen MR) is 101 cm³/mol. The summed E-state index contributed by atoms with van der Waals surface area (Å²) in [5.41, 5.74) is 1.73. The first kappa shape index (κ1) is 17.3. The number of fused-ring (bicyclic) bond motifs is 1. The second-order valence-corrected chi connectivity index (χ2v) is 7.79. The molecule has 1 amide bonds. The summed E-state index contributed by atoms with van der Waals surface area (Å²) in [5.74, 6) is 2.03. The van der Waals surface area contributed by atoms with Gasteiger partial charge in [0, 0.05) is 24.7 Å². The van der Waals surface area contributed by atoms with Gasteiger partial charge in [-0.15, -0.1) is 0 Å². The van der Waals surface area contributed by atoms with E-state index in [1.54, 1.807) is 6.33 Å². The highest BCUT2D eigenvalue weighted by molar-refractivity contribution is 5.90. The number of rotatable bonds is 3. The van der Waals surface area contributed by atoms with Crippen LogP contribution in [0.3, 0.4) is 0 Å². The van der Waals surface area contributed by atoms with E-state index in [1.165, 1.54) is 19.3 Å². The van der Waals surface area contributed by atoms with Crippen molar-refractivity contribution >= 4 is 22.8 Å². The second-order valence-electron chi connectivity index (χ2n) is 7.79. The summed E-state index contributed by atoms with van der Waals surface area (Å²) in [6.45, 7) is 5.64. The Labute approximate surface area is 154 Å². The molecule has 2 aliphatic rings. The van der Waals surface area contributed by atoms with Gasteiger partial charge in [-0.3, -0.25) is 4.79 Å². The van der Waals surface area contributed by atoms with Crippen LogP contribution in [0.25, 0.3) is 11.1 Å². The Morgan fingerprint density at radius 2 is 1.96 bits per heavy atom. The molecular weight excluding hydrogens is 328 g/mol. The van der Waals surface area contributed by atoms with Gasteiger partial charge < -0.3 is 14.6 Å². The molecule has 0 bridgehead atoms. The lowest BCUT2D eigenvalue weighted by Gasteiger charge is -2.34. The zero-order valence-corrected chi connectivity index (χ0v) is 15.8. The van der Waals surface area contributed by atoms with Crippen LogP contribution in [0.4, 0.5) is 5.82 Å². The minimum atomic E-state index is 0.0315. The average Bonchev–Trinajstić information content (AvgIpc) is 2.97. The third kappa shape index (κ3) is 3.29. The fourth-order valence-corrected chi connectivity index (χ4v) is 4.35. The number of furan rings is 1. The van der Waals surface area contributed by atoms with Gasteiger partial charge >= 0.3 is 0 Å². The lowest BCUT2D eigenvalue weighted by Crippen LogP contribution is -2.46. The smallest absolute Gasteiger partial charge is 0.231 e. The fourth-order valence-electron chi connectivity index (χ4n) is 4.35. The number of carbonyl (C=O) groups excluding carboxylic acids is 1. The maximum atomic E-state index is 12.8. The molecular formula is C20H28N4O2. The molecule has 1 aliphatic carbocycles. The molecule has 26 heavy (non-hydrogen) atoms. The summed E-state index contributed by atoms with van der Waals surface area (Å²) in [5, 5.41) is 4.28. The molecule has 0 spiro atoms. The first-order chi connectivity index (χ1) is 12.6. The highest BCUT2D eigenvalue weighted by atomic mass is 16.3. The van der Waals surface area contributed by atoms with Gasteiger partial charge in [0.2, 0.25) is 11.6 Å². The third-order valence-corrected chi connectivity index (χ3v) is 5.99. The highest BCUT2D eigenvalue weighted by Gasteiger charge is 2.30. The molecule has 4 rings (SSSR count). The van der Waals surface area contributed by atoms with Crippen molar-refractivity contribution in [2.24, 2.45) is 5.92 Å². The molecule has 6 heteroatoms. The Kier molecular flexibility index (Phi) is 4.83. The number of aryl methyl sites for hydroxylation is 2. The molecule has 1 atom stereocenters. The number of carbonyl (C=O) groups is 1. The van der Waals surface area contributed by atoms with Crippen molar-refractivity contribution in [3.05, 3.63) is 17.7 Å². The molecule has 1 aliphatic heterocycles. The third-order valence-electron chi connectivity index (χ3n) is 5.99. The topological polar surface area (TPSA) is 71.3 Å². The molecule has 1 saturated carbocycles. The minimum absolute atomic E-state index is 0.0315. The molecule has 2 aromatic rings. The molecule has 1 saturated heterocycles. The minimum Gasteiger partial charge on any atom is -0.443 e. The van der Waals surface area contributed by atoms with E-state index in [1.807, 2.05) is 13.8 Å². The fraction of sp³-hybridized carbons (Fsp3) is 0.650. The van der Waals surface area contributed by atoms with Crippen LogP contribution < -0.4 is 10.2 Å². The van der Waals surface area contributed by atoms with E-state index in [-0.39, 0.29) is 11.8 Å². The zero-order chi connectivity index (χ0) is 18.1. The Morgan fingerprint density at radius 1 is 1.15 bits per heavy atom. The van der Waals surface area contributed by atoms with Gasteiger partial charge in [0.05, 0.1) is 11.3 Å². The summed E-state index contributed by atoms with van der Waals surface area (Å²) in [7, 11) is 0. The van der Waals surface area contributed by atoms with Crippen molar-refractivity contribution in [3.8, 4) is 0 Å². The lowest BCUT2D eigenvalue weighted by molar-refractivity contribution is -0.126. The molecule has 3 heterocycles. The highest BCUT2D eigenvalue weighted by Crippen LogP contribution is 2.32. The molecule has 0 radical (unpaired) electrons. The first-order valence-corrected chi connectivity index (χ1v) is 9.89. The monoisotopic (exact) mass is 356 g/mol. The number of nitrogens with zero attached hydrogens (tertiary/aromatic N) is 3. The van der Waals surface area contributed by atoms with Crippen molar-refractivity contribution in [1.29, 1.82) is 0 Å². The molecule has 2 fully saturated rings. The SMILES string of the molecule is Cc1oc2ncnc(N3CCC[C@@H](C(=O)NC4CCCCC4)C3)c2c1C. The quantitative estimate of drug-likeness (QED) is 0.911. The van der Waals surface area contributed by atoms with Crippen LogP contribution in [-0.2, 0) is 4.79 Å². The zero-order valence-electron chi connectivity index (χ0n) is 15.8. The van der Waals surface area contributed by atoms with Crippen molar-refractivity contribution in [2.75, 3.05) is 18.0 Å².